The number of hydrogen-bond donors (Lipinski definition) is 1. The number of aromatic nitrogens is 4. The summed E-state index contributed by atoms with van der Waals surface area (Å²) in [6.45, 7) is 1.95. The summed E-state index contributed by atoms with van der Waals surface area (Å²) in [5, 5.41) is 15.5. The molecule has 4 aromatic rings. The molecule has 0 aliphatic heterocycles. The Morgan fingerprint density at radius 2 is 2.21 bits per heavy atom. The van der Waals surface area contributed by atoms with Gasteiger partial charge in [0.2, 0.25) is 5.91 Å². The highest BCUT2D eigenvalue weighted by Gasteiger charge is 2.17. The summed E-state index contributed by atoms with van der Waals surface area (Å²) in [5.74, 6) is 0.822. The Morgan fingerprint density at radius 3 is 3.00 bits per heavy atom. The Kier molecular flexibility index (Phi) is 5.51. The molecule has 0 saturated carbocycles. The number of thiazole rings is 2. The lowest BCUT2D eigenvalue weighted by Gasteiger charge is -2.06. The molecule has 1 aromatic carbocycles. The number of anilines is 1. The molecule has 0 aliphatic carbocycles. The molecule has 28 heavy (non-hydrogen) atoms. The molecule has 7 nitrogen and oxygen atoms in total. The van der Waals surface area contributed by atoms with E-state index in [0.717, 1.165) is 32.2 Å². The number of aryl methyl sites for hydroxylation is 1. The number of carbonyl (C=O) groups excluding carboxylic acids is 1. The average Bonchev–Trinajstić information content (AvgIpc) is 3.35. The standard InChI is InChI=1S/C18H15N5O2S3/c1-10-20-15-16(28-10)14(11-4-3-5-12(8-11)25-2)22-23-17(15)27-9-13(24)21-18-19-6-7-26-18/h3-8H,9H2,1-2H3,(H,19,21,24). The van der Waals surface area contributed by atoms with Crippen molar-refractivity contribution in [2.24, 2.45) is 0 Å². The van der Waals surface area contributed by atoms with Crippen molar-refractivity contribution in [3.05, 3.63) is 40.8 Å². The van der Waals surface area contributed by atoms with Crippen molar-refractivity contribution in [3.8, 4) is 17.0 Å². The van der Waals surface area contributed by atoms with Crippen LogP contribution in [0.5, 0.6) is 5.75 Å². The second-order valence-electron chi connectivity index (χ2n) is 5.67. The molecule has 1 N–H and O–H groups in total. The fourth-order valence-corrected chi connectivity index (χ4v) is 4.81. The van der Waals surface area contributed by atoms with E-state index in [1.165, 1.54) is 23.1 Å². The molecule has 0 atom stereocenters. The maximum Gasteiger partial charge on any atom is 0.236 e. The normalized spacial score (nSPS) is 10.9. The van der Waals surface area contributed by atoms with Crippen molar-refractivity contribution < 1.29 is 9.53 Å². The van der Waals surface area contributed by atoms with Crippen LogP contribution in [-0.4, -0.2) is 38.9 Å². The molecule has 3 aromatic heterocycles. The highest BCUT2D eigenvalue weighted by atomic mass is 32.2. The molecule has 0 fully saturated rings. The molecule has 0 unspecified atom stereocenters. The van der Waals surface area contributed by atoms with Crippen LogP contribution < -0.4 is 10.1 Å². The molecular formula is C18H15N5O2S3. The van der Waals surface area contributed by atoms with Gasteiger partial charge in [0.25, 0.3) is 0 Å². The second-order valence-corrected chi connectivity index (χ2v) is 8.73. The van der Waals surface area contributed by atoms with Crippen molar-refractivity contribution in [1.82, 2.24) is 20.2 Å². The zero-order valence-electron chi connectivity index (χ0n) is 15.0. The summed E-state index contributed by atoms with van der Waals surface area (Å²) >= 11 is 4.26. The van der Waals surface area contributed by atoms with Crippen LogP contribution in [0.4, 0.5) is 5.13 Å². The lowest BCUT2D eigenvalue weighted by molar-refractivity contribution is -0.113. The van der Waals surface area contributed by atoms with E-state index in [0.29, 0.717) is 10.2 Å². The third-order valence-electron chi connectivity index (χ3n) is 3.75. The minimum atomic E-state index is -0.140. The third kappa shape index (κ3) is 3.98. The van der Waals surface area contributed by atoms with Gasteiger partial charge in [-0.3, -0.25) is 4.79 Å². The van der Waals surface area contributed by atoms with Crippen molar-refractivity contribution >= 4 is 55.7 Å². The van der Waals surface area contributed by atoms with Gasteiger partial charge in [0.05, 0.1) is 22.6 Å². The summed E-state index contributed by atoms with van der Waals surface area (Å²) in [7, 11) is 1.63. The summed E-state index contributed by atoms with van der Waals surface area (Å²) in [6.07, 6.45) is 1.65. The molecule has 1 amide bonds. The van der Waals surface area contributed by atoms with E-state index in [9.17, 15) is 4.79 Å². The number of nitrogens with zero attached hydrogens (tertiary/aromatic N) is 4. The minimum absolute atomic E-state index is 0.140. The number of thioether (sulfide) groups is 1. The van der Waals surface area contributed by atoms with Gasteiger partial charge in [0.15, 0.2) is 5.13 Å². The van der Waals surface area contributed by atoms with E-state index in [1.54, 1.807) is 24.6 Å². The first-order chi connectivity index (χ1) is 13.6. The smallest absolute Gasteiger partial charge is 0.236 e. The van der Waals surface area contributed by atoms with Crippen molar-refractivity contribution in [3.63, 3.8) is 0 Å². The van der Waals surface area contributed by atoms with Gasteiger partial charge in [0.1, 0.15) is 22.0 Å². The van der Waals surface area contributed by atoms with Gasteiger partial charge >= 0.3 is 0 Å². The van der Waals surface area contributed by atoms with Crippen LogP contribution in [0.1, 0.15) is 5.01 Å². The van der Waals surface area contributed by atoms with Gasteiger partial charge in [-0.2, -0.15) is 0 Å². The number of fused-ring (bicyclic) bond motifs is 1. The van der Waals surface area contributed by atoms with E-state index in [2.05, 4.69) is 25.5 Å². The fraction of sp³-hybridized carbons (Fsp3) is 0.167. The van der Waals surface area contributed by atoms with Crippen LogP contribution in [0, 0.1) is 6.92 Å². The first-order valence-electron chi connectivity index (χ1n) is 8.24. The lowest BCUT2D eigenvalue weighted by atomic mass is 10.1. The summed E-state index contributed by atoms with van der Waals surface area (Å²) in [5.41, 5.74) is 2.44. The van der Waals surface area contributed by atoms with E-state index < -0.39 is 0 Å². The maximum atomic E-state index is 12.1. The van der Waals surface area contributed by atoms with Crippen molar-refractivity contribution in [1.29, 1.82) is 0 Å². The van der Waals surface area contributed by atoms with Crippen molar-refractivity contribution in [2.45, 2.75) is 11.9 Å². The number of hydrogen-bond acceptors (Lipinski definition) is 9. The van der Waals surface area contributed by atoms with E-state index in [1.807, 2.05) is 36.6 Å². The molecule has 10 heteroatoms. The Bertz CT molecular complexity index is 1130. The predicted octanol–water partition coefficient (Wildman–Crippen LogP) is 4.26. The zero-order valence-corrected chi connectivity index (χ0v) is 17.5. The number of ether oxygens (including phenoxy) is 1. The number of nitrogens with one attached hydrogen (secondary N) is 1. The molecule has 0 radical (unpaired) electrons. The molecule has 0 saturated heterocycles. The molecule has 3 heterocycles. The second kappa shape index (κ2) is 8.21. The molecule has 0 bridgehead atoms. The van der Waals surface area contributed by atoms with Gasteiger partial charge in [-0.05, 0) is 19.1 Å². The monoisotopic (exact) mass is 429 g/mol. The SMILES string of the molecule is COc1cccc(-c2nnc(SCC(=O)Nc3nccs3)c3nc(C)sc23)c1. The summed E-state index contributed by atoms with van der Waals surface area (Å²) in [6, 6.07) is 7.70. The zero-order chi connectivity index (χ0) is 19.5. The van der Waals surface area contributed by atoms with Gasteiger partial charge < -0.3 is 10.1 Å². The van der Waals surface area contributed by atoms with Gasteiger partial charge in [-0.1, -0.05) is 23.9 Å². The van der Waals surface area contributed by atoms with Crippen molar-refractivity contribution in [2.75, 3.05) is 18.2 Å². The summed E-state index contributed by atoms with van der Waals surface area (Å²) < 4.78 is 6.26. The largest absolute Gasteiger partial charge is 0.497 e. The van der Waals surface area contributed by atoms with E-state index in [-0.39, 0.29) is 11.7 Å². The number of amides is 1. The van der Waals surface area contributed by atoms with Crippen LogP contribution >= 0.6 is 34.4 Å². The maximum absolute atomic E-state index is 12.1. The fourth-order valence-electron chi connectivity index (χ4n) is 2.55. The Labute approximate surface area is 173 Å². The van der Waals surface area contributed by atoms with Crippen LogP contribution in [0.25, 0.3) is 21.5 Å². The number of methoxy groups -OCH3 is 1. The van der Waals surface area contributed by atoms with Gasteiger partial charge in [-0.15, -0.1) is 32.9 Å². The van der Waals surface area contributed by atoms with E-state index in [4.69, 9.17) is 4.74 Å². The predicted molar refractivity (Wildman–Crippen MR) is 113 cm³/mol. The molecule has 142 valence electrons. The highest BCUT2D eigenvalue weighted by Crippen LogP contribution is 2.36. The van der Waals surface area contributed by atoms with Crippen LogP contribution in [-0.2, 0) is 4.79 Å². The number of benzene rings is 1. The molecular weight excluding hydrogens is 414 g/mol. The van der Waals surface area contributed by atoms with Gasteiger partial charge in [0, 0.05) is 17.1 Å². The molecule has 4 rings (SSSR count). The van der Waals surface area contributed by atoms with Gasteiger partial charge in [-0.25, -0.2) is 9.97 Å². The Hall–Kier alpha value is -2.56. The number of carbonyl (C=O) groups is 1. The Balaban J connectivity index is 1.61. The molecule has 0 aliphatic rings. The first kappa shape index (κ1) is 18.8. The average molecular weight is 430 g/mol. The van der Waals surface area contributed by atoms with Crippen LogP contribution in [0.2, 0.25) is 0 Å². The quantitative estimate of drug-likeness (QED) is 0.458. The topological polar surface area (TPSA) is 89.9 Å². The molecule has 0 spiro atoms. The van der Waals surface area contributed by atoms with E-state index >= 15 is 0 Å². The third-order valence-corrected chi connectivity index (χ3v) is 6.38. The summed E-state index contributed by atoms with van der Waals surface area (Å²) in [4.78, 5) is 20.8. The number of rotatable bonds is 6. The van der Waals surface area contributed by atoms with Crippen LogP contribution in [0.15, 0.2) is 40.9 Å². The van der Waals surface area contributed by atoms with Crippen LogP contribution in [0.3, 0.4) is 0 Å². The minimum Gasteiger partial charge on any atom is -0.497 e. The first-order valence-corrected chi connectivity index (χ1v) is 10.9. The lowest BCUT2D eigenvalue weighted by Crippen LogP contribution is -2.14. The highest BCUT2D eigenvalue weighted by molar-refractivity contribution is 8.00. The Morgan fingerprint density at radius 1 is 1.32 bits per heavy atom.